The van der Waals surface area contributed by atoms with Crippen LogP contribution in [-0.2, 0) is 11.2 Å². The monoisotopic (exact) mass is 368 g/mol. The molecular weight excluding hydrogens is 330 g/mol. The highest BCUT2D eigenvalue weighted by molar-refractivity contribution is 5.17. The van der Waals surface area contributed by atoms with Gasteiger partial charge in [-0.15, -0.1) is 0 Å². The zero-order valence-corrected chi connectivity index (χ0v) is 17.3. The van der Waals surface area contributed by atoms with Gasteiger partial charge in [0.25, 0.3) is 0 Å². The second-order valence-corrected chi connectivity index (χ2v) is 8.08. The van der Waals surface area contributed by atoms with Crippen molar-refractivity contribution in [2.75, 3.05) is 7.11 Å². The highest BCUT2D eigenvalue weighted by Crippen LogP contribution is 2.31. The van der Waals surface area contributed by atoms with Crippen molar-refractivity contribution in [1.82, 2.24) is 0 Å². The SMILES string of the molecule is CCCCCCCCC(CCCCc1cc(F)cc(F)c1)C(C)(C)OC. The Morgan fingerprint density at radius 3 is 1.96 bits per heavy atom. The Kier molecular flexibility index (Phi) is 11.0. The molecule has 0 saturated carbocycles. The lowest BCUT2D eigenvalue weighted by atomic mass is 9.82. The minimum Gasteiger partial charge on any atom is -0.379 e. The molecule has 1 atom stereocenters. The molecule has 150 valence electrons. The summed E-state index contributed by atoms with van der Waals surface area (Å²) in [7, 11) is 1.80. The maximum absolute atomic E-state index is 13.3. The molecule has 0 heterocycles. The molecule has 0 N–H and O–H groups in total. The van der Waals surface area contributed by atoms with Gasteiger partial charge in [0.1, 0.15) is 11.6 Å². The van der Waals surface area contributed by atoms with Gasteiger partial charge >= 0.3 is 0 Å². The number of halogens is 2. The van der Waals surface area contributed by atoms with Gasteiger partial charge in [0, 0.05) is 13.2 Å². The van der Waals surface area contributed by atoms with Gasteiger partial charge in [-0.2, -0.15) is 0 Å². The molecule has 1 nitrogen and oxygen atoms in total. The van der Waals surface area contributed by atoms with Gasteiger partial charge in [-0.3, -0.25) is 0 Å². The predicted octanol–water partition coefficient (Wildman–Crippen LogP) is 7.47. The van der Waals surface area contributed by atoms with Crippen LogP contribution in [0.3, 0.4) is 0 Å². The van der Waals surface area contributed by atoms with Crippen molar-refractivity contribution in [3.8, 4) is 0 Å². The largest absolute Gasteiger partial charge is 0.379 e. The topological polar surface area (TPSA) is 9.23 Å². The first-order valence-electron chi connectivity index (χ1n) is 10.4. The molecule has 0 amide bonds. The summed E-state index contributed by atoms with van der Waals surface area (Å²) >= 11 is 0. The summed E-state index contributed by atoms with van der Waals surface area (Å²) in [5.41, 5.74) is 0.634. The standard InChI is InChI=1S/C23H38F2O/c1-5-6-7-8-9-10-14-20(23(2,3)26-4)15-12-11-13-19-16-21(24)18-22(25)17-19/h16-18,20H,5-15H2,1-4H3. The van der Waals surface area contributed by atoms with Crippen LogP contribution in [0.1, 0.15) is 90.5 Å². The van der Waals surface area contributed by atoms with E-state index in [9.17, 15) is 8.78 Å². The van der Waals surface area contributed by atoms with Crippen molar-refractivity contribution in [2.24, 2.45) is 5.92 Å². The second-order valence-electron chi connectivity index (χ2n) is 8.08. The minimum atomic E-state index is -0.485. The molecule has 1 aromatic rings. The molecule has 1 aromatic carbocycles. The molecule has 0 spiro atoms. The summed E-state index contributed by atoms with van der Waals surface area (Å²) in [6.45, 7) is 6.60. The van der Waals surface area contributed by atoms with Crippen LogP contribution < -0.4 is 0 Å². The lowest BCUT2D eigenvalue weighted by molar-refractivity contribution is -0.0352. The van der Waals surface area contributed by atoms with Crippen LogP contribution in [-0.4, -0.2) is 12.7 Å². The van der Waals surface area contributed by atoms with E-state index in [0.717, 1.165) is 37.3 Å². The summed E-state index contributed by atoms with van der Waals surface area (Å²) in [6, 6.07) is 3.81. The molecule has 1 unspecified atom stereocenters. The molecule has 0 bridgehead atoms. The second kappa shape index (κ2) is 12.4. The molecule has 1 rings (SSSR count). The van der Waals surface area contributed by atoms with E-state index in [1.807, 2.05) is 0 Å². The first-order chi connectivity index (χ1) is 12.4. The first kappa shape index (κ1) is 23.1. The molecule has 0 aliphatic carbocycles. The smallest absolute Gasteiger partial charge is 0.126 e. The predicted molar refractivity (Wildman–Crippen MR) is 106 cm³/mol. The molecule has 0 saturated heterocycles. The van der Waals surface area contributed by atoms with Gasteiger partial charge < -0.3 is 4.74 Å². The molecular formula is C23H38F2O. The van der Waals surface area contributed by atoms with Crippen LogP contribution >= 0.6 is 0 Å². The van der Waals surface area contributed by atoms with Crippen LogP contribution in [0.25, 0.3) is 0 Å². The van der Waals surface area contributed by atoms with Crippen molar-refractivity contribution >= 4 is 0 Å². The zero-order valence-electron chi connectivity index (χ0n) is 17.3. The van der Waals surface area contributed by atoms with E-state index in [2.05, 4.69) is 20.8 Å². The van der Waals surface area contributed by atoms with Gasteiger partial charge in [0.05, 0.1) is 5.60 Å². The summed E-state index contributed by atoms with van der Waals surface area (Å²) in [5.74, 6) is -0.439. The highest BCUT2D eigenvalue weighted by Gasteiger charge is 2.28. The van der Waals surface area contributed by atoms with E-state index in [-0.39, 0.29) is 5.60 Å². The minimum absolute atomic E-state index is 0.117. The Balaban J connectivity index is 2.38. The van der Waals surface area contributed by atoms with Crippen molar-refractivity contribution in [2.45, 2.75) is 97.0 Å². The Bertz CT molecular complexity index is 479. The summed E-state index contributed by atoms with van der Waals surface area (Å²) in [4.78, 5) is 0. The number of methoxy groups -OCH3 is 1. The van der Waals surface area contributed by atoms with Crippen LogP contribution in [0.5, 0.6) is 0 Å². The first-order valence-corrected chi connectivity index (χ1v) is 10.4. The number of hydrogen-bond acceptors (Lipinski definition) is 1. The van der Waals surface area contributed by atoms with E-state index in [1.165, 1.54) is 57.1 Å². The van der Waals surface area contributed by atoms with Crippen molar-refractivity contribution in [3.63, 3.8) is 0 Å². The number of hydrogen-bond donors (Lipinski definition) is 0. The maximum Gasteiger partial charge on any atom is 0.126 e. The van der Waals surface area contributed by atoms with E-state index in [1.54, 1.807) is 7.11 Å². The number of ether oxygens (including phenoxy) is 1. The molecule has 0 aliphatic rings. The maximum atomic E-state index is 13.3. The Morgan fingerprint density at radius 2 is 1.38 bits per heavy atom. The summed E-state index contributed by atoms with van der Waals surface area (Å²) in [5, 5.41) is 0. The van der Waals surface area contributed by atoms with Crippen LogP contribution in [0.2, 0.25) is 0 Å². The molecule has 0 aromatic heterocycles. The van der Waals surface area contributed by atoms with Crippen molar-refractivity contribution in [3.05, 3.63) is 35.4 Å². The van der Waals surface area contributed by atoms with Gasteiger partial charge in [0.15, 0.2) is 0 Å². The fourth-order valence-corrected chi connectivity index (χ4v) is 3.65. The third-order valence-electron chi connectivity index (χ3n) is 5.61. The Labute approximate surface area is 159 Å². The zero-order chi connectivity index (χ0) is 19.4. The number of aryl methyl sites for hydroxylation is 1. The molecule has 0 fully saturated rings. The van der Waals surface area contributed by atoms with Crippen LogP contribution in [0, 0.1) is 17.6 Å². The summed E-state index contributed by atoms with van der Waals surface area (Å²) in [6.07, 6.45) is 12.9. The fourth-order valence-electron chi connectivity index (χ4n) is 3.65. The van der Waals surface area contributed by atoms with Crippen molar-refractivity contribution < 1.29 is 13.5 Å². The van der Waals surface area contributed by atoms with E-state index < -0.39 is 11.6 Å². The normalized spacial score (nSPS) is 13.2. The molecule has 0 aliphatic heterocycles. The van der Waals surface area contributed by atoms with E-state index in [4.69, 9.17) is 4.74 Å². The molecule has 26 heavy (non-hydrogen) atoms. The number of benzene rings is 1. The third-order valence-corrected chi connectivity index (χ3v) is 5.61. The average molecular weight is 369 g/mol. The molecule has 3 heteroatoms. The summed E-state index contributed by atoms with van der Waals surface area (Å²) < 4.78 is 32.3. The van der Waals surface area contributed by atoms with E-state index in [0.29, 0.717) is 5.92 Å². The quantitative estimate of drug-likeness (QED) is 0.309. The van der Waals surface area contributed by atoms with Gasteiger partial charge in [-0.05, 0) is 63.1 Å². The number of unbranched alkanes of at least 4 members (excludes halogenated alkanes) is 6. The van der Waals surface area contributed by atoms with Gasteiger partial charge in [0.2, 0.25) is 0 Å². The lowest BCUT2D eigenvalue weighted by Crippen LogP contribution is -2.33. The van der Waals surface area contributed by atoms with Gasteiger partial charge in [-0.25, -0.2) is 8.78 Å². The van der Waals surface area contributed by atoms with Gasteiger partial charge in [-0.1, -0.05) is 51.9 Å². The van der Waals surface area contributed by atoms with E-state index >= 15 is 0 Å². The average Bonchev–Trinajstić information content (AvgIpc) is 2.58. The third kappa shape index (κ3) is 9.12. The van der Waals surface area contributed by atoms with Crippen LogP contribution in [0.4, 0.5) is 8.78 Å². The fraction of sp³-hybridized carbons (Fsp3) is 0.739. The lowest BCUT2D eigenvalue weighted by Gasteiger charge is -2.33. The highest BCUT2D eigenvalue weighted by atomic mass is 19.1. The Morgan fingerprint density at radius 1 is 0.846 bits per heavy atom. The van der Waals surface area contributed by atoms with Crippen molar-refractivity contribution in [1.29, 1.82) is 0 Å². The Hall–Kier alpha value is -0.960. The number of rotatable bonds is 14. The van der Waals surface area contributed by atoms with Crippen LogP contribution in [0.15, 0.2) is 18.2 Å². The molecule has 0 radical (unpaired) electrons.